The smallest absolute Gasteiger partial charge is 0.229 e. The molecule has 1 heterocycles. The van der Waals surface area contributed by atoms with Crippen molar-refractivity contribution in [2.24, 2.45) is 11.7 Å². The zero-order valence-electron chi connectivity index (χ0n) is 9.22. The fourth-order valence-corrected chi connectivity index (χ4v) is 1.28. The Morgan fingerprint density at radius 2 is 2.44 bits per heavy atom. The minimum Gasteiger partial charge on any atom is -0.393 e. The summed E-state index contributed by atoms with van der Waals surface area (Å²) in [7, 11) is 0. The van der Waals surface area contributed by atoms with Crippen LogP contribution in [0.15, 0.2) is 18.7 Å². The lowest BCUT2D eigenvalue weighted by molar-refractivity contribution is -0.122. The fraction of sp³-hybridized carbons (Fsp3) is 0.500. The molecule has 88 valence electrons. The number of nitrogens with zero attached hydrogens (tertiary/aromatic N) is 2. The molecule has 6 heteroatoms. The van der Waals surface area contributed by atoms with Gasteiger partial charge in [-0.3, -0.25) is 4.79 Å². The van der Waals surface area contributed by atoms with Crippen molar-refractivity contribution in [2.45, 2.75) is 19.9 Å². The molecule has 16 heavy (non-hydrogen) atoms. The van der Waals surface area contributed by atoms with Crippen molar-refractivity contribution in [3.8, 4) is 0 Å². The van der Waals surface area contributed by atoms with Gasteiger partial charge >= 0.3 is 0 Å². The highest BCUT2D eigenvalue weighted by Crippen LogP contribution is 1.95. The number of nitrogens with two attached hydrogens (primary N) is 1. The van der Waals surface area contributed by atoms with E-state index >= 15 is 0 Å². The maximum absolute atomic E-state index is 11.4. The van der Waals surface area contributed by atoms with Crippen LogP contribution in [-0.4, -0.2) is 27.0 Å². The van der Waals surface area contributed by atoms with E-state index in [1.54, 1.807) is 19.4 Å². The van der Waals surface area contributed by atoms with E-state index in [1.165, 1.54) is 0 Å². The van der Waals surface area contributed by atoms with Gasteiger partial charge in [0, 0.05) is 25.5 Å². The number of imidazole rings is 1. The molecule has 0 saturated heterocycles. The summed E-state index contributed by atoms with van der Waals surface area (Å²) in [5, 5.41) is 2.79. The predicted octanol–water partition coefficient (Wildman–Crippen LogP) is 0.312. The van der Waals surface area contributed by atoms with Gasteiger partial charge in [-0.15, -0.1) is 0 Å². The van der Waals surface area contributed by atoms with Gasteiger partial charge < -0.3 is 15.6 Å². The largest absolute Gasteiger partial charge is 0.393 e. The predicted molar refractivity (Wildman–Crippen MR) is 65.8 cm³/mol. The van der Waals surface area contributed by atoms with Crippen LogP contribution in [0.1, 0.15) is 13.3 Å². The molecule has 1 rings (SSSR count). The van der Waals surface area contributed by atoms with Crippen molar-refractivity contribution in [2.75, 3.05) is 6.54 Å². The van der Waals surface area contributed by atoms with Crippen molar-refractivity contribution < 1.29 is 4.79 Å². The molecular formula is C10H16N4OS. The Kier molecular flexibility index (Phi) is 4.91. The summed E-state index contributed by atoms with van der Waals surface area (Å²) >= 11 is 4.74. The minimum absolute atomic E-state index is 0.113. The number of hydrogen-bond donors (Lipinski definition) is 2. The number of carbonyl (C=O) groups excluding carboxylic acids is 1. The molecule has 0 bridgehead atoms. The summed E-state index contributed by atoms with van der Waals surface area (Å²) in [6, 6.07) is 0. The number of nitrogens with one attached hydrogen (secondary N) is 1. The Morgan fingerprint density at radius 1 is 1.69 bits per heavy atom. The second kappa shape index (κ2) is 6.22. The molecule has 0 spiro atoms. The molecule has 3 N–H and O–H groups in total. The summed E-state index contributed by atoms with van der Waals surface area (Å²) in [6.07, 6.45) is 6.22. The molecule has 0 saturated carbocycles. The van der Waals surface area contributed by atoms with Crippen LogP contribution in [0.4, 0.5) is 0 Å². The molecule has 1 aromatic rings. The summed E-state index contributed by atoms with van der Waals surface area (Å²) in [6.45, 7) is 3.15. The van der Waals surface area contributed by atoms with E-state index in [2.05, 4.69) is 10.3 Å². The third-order valence-electron chi connectivity index (χ3n) is 2.27. The van der Waals surface area contributed by atoms with Crippen LogP contribution >= 0.6 is 12.2 Å². The molecule has 0 aromatic carbocycles. The van der Waals surface area contributed by atoms with Crippen LogP contribution < -0.4 is 11.1 Å². The third-order valence-corrected chi connectivity index (χ3v) is 2.63. The number of hydrogen-bond acceptors (Lipinski definition) is 3. The van der Waals surface area contributed by atoms with Crippen LogP contribution in [-0.2, 0) is 11.3 Å². The standard InChI is InChI=1S/C10H16N4OS/c1-8(9(11)16)10(15)13-3-2-5-14-6-4-12-7-14/h4,6-8H,2-3,5H2,1H3,(H2,11,16)(H,13,15). The number of aromatic nitrogens is 2. The van der Waals surface area contributed by atoms with E-state index in [-0.39, 0.29) is 10.9 Å². The first-order valence-electron chi connectivity index (χ1n) is 5.14. The van der Waals surface area contributed by atoms with Crippen LogP contribution in [0.2, 0.25) is 0 Å². The van der Waals surface area contributed by atoms with E-state index < -0.39 is 5.92 Å². The molecule has 0 aliphatic heterocycles. The Balaban J connectivity index is 2.16. The van der Waals surface area contributed by atoms with Gasteiger partial charge in [0.2, 0.25) is 5.91 Å². The molecule has 0 radical (unpaired) electrons. The van der Waals surface area contributed by atoms with Gasteiger partial charge in [-0.05, 0) is 13.3 Å². The van der Waals surface area contributed by atoms with Crippen LogP contribution in [0, 0.1) is 5.92 Å². The third kappa shape index (κ3) is 3.98. The fourth-order valence-electron chi connectivity index (χ4n) is 1.17. The van der Waals surface area contributed by atoms with Gasteiger partial charge in [0.25, 0.3) is 0 Å². The molecule has 0 aliphatic rings. The highest BCUT2D eigenvalue weighted by molar-refractivity contribution is 7.80. The van der Waals surface area contributed by atoms with Crippen molar-refractivity contribution in [1.29, 1.82) is 0 Å². The highest BCUT2D eigenvalue weighted by atomic mass is 32.1. The van der Waals surface area contributed by atoms with E-state index in [9.17, 15) is 4.79 Å². The van der Waals surface area contributed by atoms with Crippen molar-refractivity contribution in [1.82, 2.24) is 14.9 Å². The minimum atomic E-state index is -0.400. The molecule has 1 aromatic heterocycles. The number of thiocarbonyl (C=S) groups is 1. The number of rotatable bonds is 6. The Hall–Kier alpha value is -1.43. The first kappa shape index (κ1) is 12.6. The van der Waals surface area contributed by atoms with Gasteiger partial charge in [-0.1, -0.05) is 12.2 Å². The zero-order valence-corrected chi connectivity index (χ0v) is 10.0. The second-order valence-electron chi connectivity index (χ2n) is 3.57. The van der Waals surface area contributed by atoms with E-state index in [1.807, 2.05) is 10.8 Å². The van der Waals surface area contributed by atoms with Gasteiger partial charge in [-0.2, -0.15) is 0 Å². The van der Waals surface area contributed by atoms with E-state index in [0.29, 0.717) is 6.54 Å². The number of amides is 1. The average Bonchev–Trinajstić information content (AvgIpc) is 2.75. The zero-order chi connectivity index (χ0) is 12.0. The molecular weight excluding hydrogens is 224 g/mol. The molecule has 1 atom stereocenters. The lowest BCUT2D eigenvalue weighted by Gasteiger charge is -2.10. The summed E-state index contributed by atoms with van der Waals surface area (Å²) in [5.74, 6) is -0.513. The molecule has 1 amide bonds. The number of aryl methyl sites for hydroxylation is 1. The Morgan fingerprint density at radius 3 is 3.00 bits per heavy atom. The molecule has 0 aliphatic carbocycles. The molecule has 0 fully saturated rings. The highest BCUT2D eigenvalue weighted by Gasteiger charge is 2.14. The maximum atomic E-state index is 11.4. The quantitative estimate of drug-likeness (QED) is 0.554. The van der Waals surface area contributed by atoms with E-state index in [4.69, 9.17) is 18.0 Å². The van der Waals surface area contributed by atoms with Crippen molar-refractivity contribution in [3.63, 3.8) is 0 Å². The maximum Gasteiger partial charge on any atom is 0.229 e. The molecule has 5 nitrogen and oxygen atoms in total. The summed E-state index contributed by atoms with van der Waals surface area (Å²) in [5.41, 5.74) is 5.38. The summed E-state index contributed by atoms with van der Waals surface area (Å²) in [4.78, 5) is 15.6. The SMILES string of the molecule is CC(C(=O)NCCCn1ccnc1)C(N)=S. The first-order valence-corrected chi connectivity index (χ1v) is 5.55. The lowest BCUT2D eigenvalue weighted by Crippen LogP contribution is -2.36. The van der Waals surface area contributed by atoms with Crippen molar-refractivity contribution in [3.05, 3.63) is 18.7 Å². The van der Waals surface area contributed by atoms with Crippen LogP contribution in [0.25, 0.3) is 0 Å². The molecule has 1 unspecified atom stereocenters. The van der Waals surface area contributed by atoms with Gasteiger partial charge in [0.1, 0.15) is 0 Å². The topological polar surface area (TPSA) is 72.9 Å². The van der Waals surface area contributed by atoms with Gasteiger partial charge in [-0.25, -0.2) is 4.98 Å². The second-order valence-corrected chi connectivity index (χ2v) is 4.04. The van der Waals surface area contributed by atoms with Gasteiger partial charge in [0.05, 0.1) is 17.2 Å². The van der Waals surface area contributed by atoms with E-state index in [0.717, 1.165) is 13.0 Å². The monoisotopic (exact) mass is 240 g/mol. The Labute approximate surface area is 100 Å². The number of carbonyl (C=O) groups is 1. The normalized spacial score (nSPS) is 12.1. The summed E-state index contributed by atoms with van der Waals surface area (Å²) < 4.78 is 1.96. The first-order chi connectivity index (χ1) is 7.61. The average molecular weight is 240 g/mol. The lowest BCUT2D eigenvalue weighted by atomic mass is 10.1. The Bertz CT molecular complexity index is 350. The van der Waals surface area contributed by atoms with Crippen molar-refractivity contribution >= 4 is 23.1 Å². The van der Waals surface area contributed by atoms with Crippen LogP contribution in [0.5, 0.6) is 0 Å². The van der Waals surface area contributed by atoms with Crippen LogP contribution in [0.3, 0.4) is 0 Å². The van der Waals surface area contributed by atoms with Gasteiger partial charge in [0.15, 0.2) is 0 Å².